The minimum atomic E-state index is -0.728. The molecule has 5 nitrogen and oxygen atoms in total. The largest absolute Gasteiger partial charge is 0.513 e. The molecule has 0 aliphatic heterocycles. The number of ether oxygens (including phenoxy) is 2. The van der Waals surface area contributed by atoms with Crippen LogP contribution in [0.3, 0.4) is 0 Å². The van der Waals surface area contributed by atoms with Crippen molar-refractivity contribution >= 4 is 17.1 Å². The summed E-state index contributed by atoms with van der Waals surface area (Å²) in [5.74, 6) is 0.734. The molecule has 1 aromatic heterocycles. The minimum absolute atomic E-state index is 0.111. The van der Waals surface area contributed by atoms with E-state index in [1.807, 2.05) is 30.3 Å². The molecule has 1 saturated carbocycles. The van der Waals surface area contributed by atoms with Gasteiger partial charge >= 0.3 is 6.16 Å². The van der Waals surface area contributed by atoms with Crippen LogP contribution in [0, 0.1) is 12.8 Å². The van der Waals surface area contributed by atoms with Crippen LogP contribution in [-0.2, 0) is 4.74 Å². The van der Waals surface area contributed by atoms with Crippen LogP contribution in [0.1, 0.15) is 31.2 Å². The Balaban J connectivity index is 1.57. The second kappa shape index (κ2) is 7.89. The van der Waals surface area contributed by atoms with E-state index in [1.54, 1.807) is 19.1 Å². The van der Waals surface area contributed by atoms with Crippen LogP contribution >= 0.6 is 0 Å². The summed E-state index contributed by atoms with van der Waals surface area (Å²) in [6, 6.07) is 12.6. The van der Waals surface area contributed by atoms with Gasteiger partial charge in [-0.2, -0.15) is 0 Å². The first-order valence-corrected chi connectivity index (χ1v) is 9.58. The van der Waals surface area contributed by atoms with Gasteiger partial charge in [0.05, 0.1) is 17.6 Å². The zero-order valence-electron chi connectivity index (χ0n) is 15.8. The van der Waals surface area contributed by atoms with Gasteiger partial charge in [0.25, 0.3) is 0 Å². The Hall–Kier alpha value is -3.08. The summed E-state index contributed by atoms with van der Waals surface area (Å²) in [5.41, 5.74) is 2.25. The Morgan fingerprint density at radius 1 is 1.14 bits per heavy atom. The normalized spacial score (nSPS) is 14.3. The number of benzene rings is 2. The molecule has 0 amide bonds. The lowest BCUT2D eigenvalue weighted by Gasteiger charge is -2.11. The van der Waals surface area contributed by atoms with Crippen molar-refractivity contribution in [3.63, 3.8) is 0 Å². The summed E-state index contributed by atoms with van der Waals surface area (Å²) in [5, 5.41) is 0.480. The fourth-order valence-electron chi connectivity index (χ4n) is 3.78. The standard InChI is InChI=1S/C23H22O5/c1-15-11-18(28-23(25)27-13-16-7-5-6-8-16)12-20-21(15)22(24)19(14-26-20)17-9-3-2-4-10-17/h2-4,9-12,14,16H,5-8,13H2,1H3. The van der Waals surface area contributed by atoms with Crippen molar-refractivity contribution in [2.75, 3.05) is 6.61 Å². The average Bonchev–Trinajstić information content (AvgIpc) is 3.21. The number of hydrogen-bond donors (Lipinski definition) is 0. The van der Waals surface area contributed by atoms with Gasteiger partial charge in [0.1, 0.15) is 17.6 Å². The Morgan fingerprint density at radius 3 is 2.64 bits per heavy atom. The summed E-state index contributed by atoms with van der Waals surface area (Å²) < 4.78 is 16.2. The van der Waals surface area contributed by atoms with Gasteiger partial charge < -0.3 is 13.9 Å². The molecule has 28 heavy (non-hydrogen) atoms. The molecule has 0 N–H and O–H groups in total. The van der Waals surface area contributed by atoms with E-state index in [9.17, 15) is 9.59 Å². The second-order valence-electron chi connectivity index (χ2n) is 7.27. The fourth-order valence-corrected chi connectivity index (χ4v) is 3.78. The highest BCUT2D eigenvalue weighted by Gasteiger charge is 2.18. The van der Waals surface area contributed by atoms with Crippen LogP contribution in [0.2, 0.25) is 0 Å². The highest BCUT2D eigenvalue weighted by atomic mass is 16.7. The molecule has 1 heterocycles. The monoisotopic (exact) mass is 378 g/mol. The van der Waals surface area contributed by atoms with E-state index < -0.39 is 6.16 Å². The van der Waals surface area contributed by atoms with Gasteiger partial charge in [-0.1, -0.05) is 43.2 Å². The van der Waals surface area contributed by atoms with Gasteiger partial charge in [-0.3, -0.25) is 4.79 Å². The van der Waals surface area contributed by atoms with E-state index in [0.29, 0.717) is 40.4 Å². The third-order valence-electron chi connectivity index (χ3n) is 5.25. The smallest absolute Gasteiger partial charge is 0.463 e. The van der Waals surface area contributed by atoms with E-state index in [-0.39, 0.29) is 5.43 Å². The summed E-state index contributed by atoms with van der Waals surface area (Å²) in [4.78, 5) is 24.9. The number of hydrogen-bond acceptors (Lipinski definition) is 5. The maximum atomic E-state index is 12.9. The molecule has 0 bridgehead atoms. The Bertz CT molecular complexity index is 1050. The predicted molar refractivity (Wildman–Crippen MR) is 107 cm³/mol. The quantitative estimate of drug-likeness (QED) is 0.445. The first-order chi connectivity index (χ1) is 13.6. The molecule has 3 aromatic rings. The van der Waals surface area contributed by atoms with Crippen molar-refractivity contribution < 1.29 is 18.7 Å². The molecule has 1 aliphatic carbocycles. The van der Waals surface area contributed by atoms with Crippen LogP contribution < -0.4 is 10.2 Å². The van der Waals surface area contributed by atoms with E-state index in [0.717, 1.165) is 18.4 Å². The average molecular weight is 378 g/mol. The van der Waals surface area contributed by atoms with E-state index >= 15 is 0 Å². The van der Waals surface area contributed by atoms with Gasteiger partial charge in [-0.15, -0.1) is 0 Å². The molecule has 5 heteroatoms. The molecule has 0 radical (unpaired) electrons. The predicted octanol–water partition coefficient (Wildman–Crippen LogP) is 5.47. The molecule has 0 unspecified atom stereocenters. The highest BCUT2D eigenvalue weighted by Crippen LogP contribution is 2.27. The van der Waals surface area contributed by atoms with E-state index in [4.69, 9.17) is 13.9 Å². The SMILES string of the molecule is Cc1cc(OC(=O)OCC2CCCC2)cc2occ(-c3ccccc3)c(=O)c12. The van der Waals surface area contributed by atoms with E-state index in [2.05, 4.69) is 0 Å². The first-order valence-electron chi connectivity index (χ1n) is 9.58. The topological polar surface area (TPSA) is 65.7 Å². The van der Waals surface area contributed by atoms with Crippen LogP contribution in [0.4, 0.5) is 4.79 Å². The molecule has 4 rings (SSSR count). The van der Waals surface area contributed by atoms with Crippen molar-refractivity contribution in [1.82, 2.24) is 0 Å². The summed E-state index contributed by atoms with van der Waals surface area (Å²) >= 11 is 0. The first kappa shape index (κ1) is 18.3. The summed E-state index contributed by atoms with van der Waals surface area (Å²) in [6.45, 7) is 2.19. The fraction of sp³-hybridized carbons (Fsp3) is 0.304. The van der Waals surface area contributed by atoms with Crippen molar-refractivity contribution in [1.29, 1.82) is 0 Å². The zero-order valence-corrected chi connectivity index (χ0v) is 15.8. The highest BCUT2D eigenvalue weighted by molar-refractivity contribution is 5.86. The van der Waals surface area contributed by atoms with Crippen molar-refractivity contribution in [3.05, 3.63) is 64.5 Å². The molecule has 1 fully saturated rings. The second-order valence-corrected chi connectivity index (χ2v) is 7.27. The summed E-state index contributed by atoms with van der Waals surface area (Å²) in [6.07, 6.45) is 5.29. The number of carbonyl (C=O) groups is 1. The third-order valence-corrected chi connectivity index (χ3v) is 5.25. The third kappa shape index (κ3) is 3.79. The number of aryl methyl sites for hydroxylation is 1. The Morgan fingerprint density at radius 2 is 1.89 bits per heavy atom. The molecule has 144 valence electrons. The number of fused-ring (bicyclic) bond motifs is 1. The molecular formula is C23H22O5. The van der Waals surface area contributed by atoms with Crippen LogP contribution in [0.25, 0.3) is 22.1 Å². The lowest BCUT2D eigenvalue weighted by atomic mass is 10.0. The van der Waals surface area contributed by atoms with Gasteiger partial charge in [-0.05, 0) is 42.9 Å². The molecule has 1 aliphatic rings. The Labute approximate surface area is 162 Å². The Kier molecular flexibility index (Phi) is 5.15. The maximum Gasteiger partial charge on any atom is 0.513 e. The summed E-state index contributed by atoms with van der Waals surface area (Å²) in [7, 11) is 0. The van der Waals surface area contributed by atoms with Crippen molar-refractivity contribution in [2.45, 2.75) is 32.6 Å². The van der Waals surface area contributed by atoms with Gasteiger partial charge in [0.15, 0.2) is 0 Å². The van der Waals surface area contributed by atoms with Crippen LogP contribution in [0.5, 0.6) is 5.75 Å². The van der Waals surface area contributed by atoms with Gasteiger partial charge in [0.2, 0.25) is 5.43 Å². The van der Waals surface area contributed by atoms with E-state index in [1.165, 1.54) is 19.1 Å². The van der Waals surface area contributed by atoms with Crippen LogP contribution in [-0.4, -0.2) is 12.8 Å². The molecular weight excluding hydrogens is 356 g/mol. The number of rotatable bonds is 4. The maximum absolute atomic E-state index is 12.9. The number of carbonyl (C=O) groups excluding carboxylic acids is 1. The van der Waals surface area contributed by atoms with Gasteiger partial charge in [0, 0.05) is 6.07 Å². The lowest BCUT2D eigenvalue weighted by molar-refractivity contribution is 0.0847. The minimum Gasteiger partial charge on any atom is -0.463 e. The lowest BCUT2D eigenvalue weighted by Crippen LogP contribution is -2.15. The van der Waals surface area contributed by atoms with Crippen molar-refractivity contribution in [2.24, 2.45) is 5.92 Å². The zero-order chi connectivity index (χ0) is 19.5. The van der Waals surface area contributed by atoms with Crippen molar-refractivity contribution in [3.8, 4) is 16.9 Å². The molecule has 0 atom stereocenters. The van der Waals surface area contributed by atoms with Gasteiger partial charge in [-0.25, -0.2) is 4.79 Å². The molecule has 0 spiro atoms. The molecule has 0 saturated heterocycles. The molecule has 2 aromatic carbocycles. The van der Waals surface area contributed by atoms with Crippen LogP contribution in [0.15, 0.2) is 57.9 Å².